The van der Waals surface area contributed by atoms with Crippen molar-refractivity contribution >= 4 is 76.3 Å². The van der Waals surface area contributed by atoms with Crippen LogP contribution in [-0.4, -0.2) is 116 Å². The fraction of sp³-hybridized carbons (Fsp3) is 0.390. The summed E-state index contributed by atoms with van der Waals surface area (Å²) in [5.41, 5.74) is -3.06. The lowest BCUT2D eigenvalue weighted by atomic mass is 9.83. The van der Waals surface area contributed by atoms with Crippen molar-refractivity contribution < 1.29 is 66.2 Å². The molecule has 5 aromatic rings. The van der Waals surface area contributed by atoms with Gasteiger partial charge in [-0.05, 0) is 102 Å². The van der Waals surface area contributed by atoms with E-state index in [-0.39, 0.29) is 71.5 Å². The fourth-order valence-corrected chi connectivity index (χ4v) is 12.2. The highest BCUT2D eigenvalue weighted by Gasteiger charge is 2.51. The molecular weight excluding hydrogens is 1090 g/mol. The maximum absolute atomic E-state index is 15.2. The molecule has 5 heterocycles. The number of rotatable bonds is 16. The number of likely N-dealkylation sites (tertiary alicyclic amines) is 1. The van der Waals surface area contributed by atoms with E-state index in [4.69, 9.17) is 4.74 Å². The number of hydrogen-bond donors (Lipinski definition) is 5. The van der Waals surface area contributed by atoms with Gasteiger partial charge in [0.05, 0.1) is 16.0 Å². The minimum atomic E-state index is -5.86. The summed E-state index contributed by atoms with van der Waals surface area (Å²) < 4.78 is 47.3. The van der Waals surface area contributed by atoms with Gasteiger partial charge in [0.2, 0.25) is 23.6 Å². The number of fused-ring (bicyclic) bond motifs is 3. The van der Waals surface area contributed by atoms with E-state index >= 15 is 4.79 Å². The number of carbonyl (C=O) groups excluding carboxylic acids is 8. The summed E-state index contributed by atoms with van der Waals surface area (Å²) in [5.74, 6) is 2.29. The molecule has 2 saturated heterocycles. The molecule has 4 atom stereocenters. The second kappa shape index (κ2) is 23.8. The number of hydrogen-bond acceptors (Lipinski definition) is 11. The monoisotopic (exact) mass is 1150 g/mol. The van der Waals surface area contributed by atoms with E-state index in [2.05, 4.69) is 27.8 Å². The normalized spacial score (nSPS) is 18.8. The van der Waals surface area contributed by atoms with Crippen molar-refractivity contribution in [2.75, 3.05) is 26.2 Å². The average molecular weight is 1150 g/mol. The summed E-state index contributed by atoms with van der Waals surface area (Å²) in [6, 6.07) is 21.1. The molecule has 4 aliphatic rings. The number of imide groups is 2. The number of ether oxygens (including phenoxy) is 1. The number of nitrogens with one attached hydrogen (secondary N) is 3. The van der Waals surface area contributed by atoms with Crippen molar-refractivity contribution in [3.63, 3.8) is 0 Å². The molecule has 0 bridgehead atoms. The quantitative estimate of drug-likeness (QED) is 0.0286. The molecule has 4 aliphatic heterocycles. The summed E-state index contributed by atoms with van der Waals surface area (Å²) in [6.07, 6.45) is 4.38. The van der Waals surface area contributed by atoms with Crippen molar-refractivity contribution in [3.05, 3.63) is 135 Å². The van der Waals surface area contributed by atoms with Gasteiger partial charge in [-0.1, -0.05) is 87.6 Å². The van der Waals surface area contributed by atoms with Crippen LogP contribution in [0.15, 0.2) is 91.0 Å². The number of nitrogens with zero attached hydrogens (tertiary/aromatic N) is 3. The zero-order valence-corrected chi connectivity index (χ0v) is 46.5. The second-order valence-corrected chi connectivity index (χ2v) is 24.5. The van der Waals surface area contributed by atoms with Crippen molar-refractivity contribution in [2.45, 2.75) is 115 Å². The van der Waals surface area contributed by atoms with E-state index in [0.717, 1.165) is 58.8 Å². The van der Waals surface area contributed by atoms with Gasteiger partial charge in [0.1, 0.15) is 23.9 Å². The topological polar surface area (TPSA) is 249 Å². The Bertz CT molecular complexity index is 3460. The summed E-state index contributed by atoms with van der Waals surface area (Å²) in [4.78, 5) is 131. The molecular formula is C59H61F2N6O12PS. The average Bonchev–Trinajstić information content (AvgIpc) is 4.13. The largest absolute Gasteiger partial charge is 0.484 e. The molecule has 8 amide bonds. The number of halogens is 2. The van der Waals surface area contributed by atoms with Gasteiger partial charge in [-0.2, -0.15) is 8.78 Å². The smallest absolute Gasteiger partial charge is 0.399 e. The van der Waals surface area contributed by atoms with Crippen LogP contribution in [0, 0.1) is 17.3 Å². The number of carbonyl (C=O) groups is 8. The first kappa shape index (κ1) is 58.0. The van der Waals surface area contributed by atoms with E-state index in [0.29, 0.717) is 60.5 Å². The van der Waals surface area contributed by atoms with Gasteiger partial charge < -0.3 is 35.0 Å². The standard InChI is InChI=1S/C59H61F2N6O12PS/c1-58(2,3)51(64-53(71)47-31-39-28-41(21-24-46(39)81-47)59(60,61)80(76,77)78)57(75)66-33-40-29-42(22-20-37(40)30-45(66)55(73)65-27-13-18-38(32-65)35-14-9-7-10-15-35)79-34-49(69)62-26-11-6-4-5-8-16-36-17-12-19-43-50(36)56(74)67(54(43)72)44-23-25-48(68)63-52(44)70/h7,9-10,12,14-15,17,19-22,24,28-29,31,38,44-45,51H,4-6,11,13,18,23,25-27,30,32-34H2,1-3H3,(H,62,69)(H,64,71)(H,63,68,70)(H2,76,77,78)/t38-,44?,45-,51+/m0/s1. The van der Waals surface area contributed by atoms with Gasteiger partial charge in [0.25, 0.3) is 23.6 Å². The minimum absolute atomic E-state index is 0.0153. The van der Waals surface area contributed by atoms with Crippen molar-refractivity contribution in [2.24, 2.45) is 5.41 Å². The number of alkyl halides is 2. The van der Waals surface area contributed by atoms with E-state index in [1.807, 2.05) is 36.4 Å². The van der Waals surface area contributed by atoms with E-state index in [1.165, 1.54) is 23.1 Å². The highest BCUT2D eigenvalue weighted by molar-refractivity contribution is 7.52. The first-order valence-electron chi connectivity index (χ1n) is 26.8. The highest BCUT2D eigenvalue weighted by Crippen LogP contribution is 2.59. The molecule has 4 aromatic carbocycles. The summed E-state index contributed by atoms with van der Waals surface area (Å²) >= 11 is 0.954. The highest BCUT2D eigenvalue weighted by atomic mass is 32.1. The number of thiophene rings is 1. The molecule has 0 radical (unpaired) electrons. The zero-order valence-electron chi connectivity index (χ0n) is 44.8. The molecule has 0 saturated carbocycles. The first-order valence-corrected chi connectivity index (χ1v) is 29.2. The Kier molecular flexibility index (Phi) is 17.1. The zero-order chi connectivity index (χ0) is 58.0. The molecule has 81 heavy (non-hydrogen) atoms. The lowest BCUT2D eigenvalue weighted by Crippen LogP contribution is -2.61. The fourth-order valence-electron chi connectivity index (χ4n) is 10.7. The van der Waals surface area contributed by atoms with E-state index in [9.17, 15) is 56.7 Å². The third-order valence-electron chi connectivity index (χ3n) is 15.1. The van der Waals surface area contributed by atoms with Crippen LogP contribution in [0.3, 0.4) is 0 Å². The van der Waals surface area contributed by atoms with Gasteiger partial charge in [0.15, 0.2) is 6.61 Å². The summed E-state index contributed by atoms with van der Waals surface area (Å²) in [7, 11) is -5.86. The maximum atomic E-state index is 15.2. The van der Waals surface area contributed by atoms with Crippen LogP contribution in [0.25, 0.3) is 10.1 Å². The van der Waals surface area contributed by atoms with E-state index in [1.54, 1.807) is 49.9 Å². The lowest BCUT2D eigenvalue weighted by Gasteiger charge is -2.43. The minimum Gasteiger partial charge on any atom is -0.484 e. The van der Waals surface area contributed by atoms with Crippen molar-refractivity contribution in [1.29, 1.82) is 0 Å². The Morgan fingerprint density at radius 3 is 2.42 bits per heavy atom. The molecule has 22 heteroatoms. The summed E-state index contributed by atoms with van der Waals surface area (Å²) in [6.45, 7) is 6.27. The predicted octanol–water partition coefficient (Wildman–Crippen LogP) is 7.14. The van der Waals surface area contributed by atoms with Gasteiger partial charge in [0, 0.05) is 67.2 Å². The Balaban J connectivity index is 0.829. The Hall–Kier alpha value is -7.63. The molecule has 5 N–H and O–H groups in total. The lowest BCUT2D eigenvalue weighted by molar-refractivity contribution is -0.150. The molecule has 424 valence electrons. The number of amides is 8. The number of unbranched alkanes of at least 4 members (excludes halogenated alkanes) is 3. The Morgan fingerprint density at radius 2 is 1.68 bits per heavy atom. The second-order valence-electron chi connectivity index (χ2n) is 21.8. The van der Waals surface area contributed by atoms with E-state index < -0.39 is 77.8 Å². The maximum Gasteiger partial charge on any atom is 0.399 e. The molecule has 18 nitrogen and oxygen atoms in total. The summed E-state index contributed by atoms with van der Waals surface area (Å²) in [5, 5.41) is 8.06. The van der Waals surface area contributed by atoms with Crippen LogP contribution in [0.1, 0.15) is 136 Å². The Morgan fingerprint density at radius 1 is 0.901 bits per heavy atom. The number of piperidine rings is 2. The first-order chi connectivity index (χ1) is 38.5. The van der Waals surface area contributed by atoms with Crippen LogP contribution in [-0.2, 0) is 47.2 Å². The van der Waals surface area contributed by atoms with Crippen LogP contribution in [0.4, 0.5) is 8.78 Å². The molecule has 0 aliphatic carbocycles. The van der Waals surface area contributed by atoms with Gasteiger partial charge in [-0.15, -0.1) is 11.3 Å². The van der Waals surface area contributed by atoms with Crippen LogP contribution in [0.5, 0.6) is 5.75 Å². The molecule has 0 spiro atoms. The molecule has 1 unspecified atom stereocenters. The van der Waals surface area contributed by atoms with Crippen molar-refractivity contribution in [1.82, 2.24) is 30.7 Å². The third-order valence-corrected chi connectivity index (χ3v) is 17.2. The van der Waals surface area contributed by atoms with Crippen molar-refractivity contribution in [3.8, 4) is 17.6 Å². The third kappa shape index (κ3) is 12.6. The predicted molar refractivity (Wildman–Crippen MR) is 295 cm³/mol. The molecule has 1 aromatic heterocycles. The molecule has 2 fully saturated rings. The SMILES string of the molecule is CC(C)(C)[C@H](NC(=O)c1cc2cc(C(F)(F)P(=O)(O)O)ccc2s1)C(=O)N1Cc2cc(OCC(=O)NCCCCCC#Cc3cccc4c3C(=O)N(C3CCC(=O)NC3=O)C4=O)ccc2C[C@H]1C(=O)N1CCC[C@H](c2ccccc2)C1. The van der Waals surface area contributed by atoms with Gasteiger partial charge in [-0.3, -0.25) is 53.1 Å². The van der Waals surface area contributed by atoms with Crippen LogP contribution < -0.4 is 20.7 Å². The van der Waals surface area contributed by atoms with Gasteiger partial charge in [-0.25, -0.2) is 0 Å². The molecule has 9 rings (SSSR count). The van der Waals surface area contributed by atoms with Crippen LogP contribution >= 0.6 is 18.9 Å². The van der Waals surface area contributed by atoms with Gasteiger partial charge >= 0.3 is 13.3 Å². The Labute approximate surface area is 470 Å². The van der Waals surface area contributed by atoms with Crippen LogP contribution in [0.2, 0.25) is 0 Å². The number of benzene rings is 4.